The maximum atomic E-state index is 12.9. The first-order valence-electron chi connectivity index (χ1n) is 9.60. The van der Waals surface area contributed by atoms with Crippen LogP contribution in [0.2, 0.25) is 5.02 Å². The van der Waals surface area contributed by atoms with Gasteiger partial charge in [0.2, 0.25) is 5.91 Å². The van der Waals surface area contributed by atoms with E-state index in [9.17, 15) is 19.2 Å². The number of benzene rings is 1. The van der Waals surface area contributed by atoms with Gasteiger partial charge in [0.1, 0.15) is 12.1 Å². The molecule has 4 amide bonds. The number of ether oxygens (including phenoxy) is 1. The van der Waals surface area contributed by atoms with Crippen molar-refractivity contribution in [3.63, 3.8) is 0 Å². The number of rotatable bonds is 5. The van der Waals surface area contributed by atoms with E-state index in [1.54, 1.807) is 43.0 Å². The van der Waals surface area contributed by atoms with Crippen molar-refractivity contribution in [1.82, 2.24) is 15.1 Å². The van der Waals surface area contributed by atoms with Crippen molar-refractivity contribution >= 4 is 35.4 Å². The first-order chi connectivity index (χ1) is 13.8. The zero-order chi connectivity index (χ0) is 21.2. The van der Waals surface area contributed by atoms with Crippen LogP contribution in [0.25, 0.3) is 0 Å². The van der Waals surface area contributed by atoms with E-state index in [0.717, 1.165) is 4.90 Å². The van der Waals surface area contributed by atoms with Crippen molar-refractivity contribution in [3.8, 4) is 0 Å². The summed E-state index contributed by atoms with van der Waals surface area (Å²) in [6.45, 7) is 4.11. The molecule has 9 heteroatoms. The lowest BCUT2D eigenvalue weighted by molar-refractivity contribution is -0.151. The summed E-state index contributed by atoms with van der Waals surface area (Å²) in [6, 6.07) is 6.08. The van der Waals surface area contributed by atoms with Crippen molar-refractivity contribution < 1.29 is 23.9 Å². The van der Waals surface area contributed by atoms with Gasteiger partial charge < -0.3 is 15.0 Å². The molecule has 156 valence electrons. The summed E-state index contributed by atoms with van der Waals surface area (Å²) in [5.41, 5.74) is -0.729. The second kappa shape index (κ2) is 8.41. The van der Waals surface area contributed by atoms with E-state index in [-0.39, 0.29) is 24.3 Å². The average Bonchev–Trinajstić information content (AvgIpc) is 2.92. The predicted molar refractivity (Wildman–Crippen MR) is 105 cm³/mol. The van der Waals surface area contributed by atoms with E-state index in [0.29, 0.717) is 43.1 Å². The molecule has 3 rings (SSSR count). The molecule has 1 aromatic carbocycles. The summed E-state index contributed by atoms with van der Waals surface area (Å²) < 4.78 is 5.03. The Labute approximate surface area is 174 Å². The van der Waals surface area contributed by atoms with Gasteiger partial charge in [0.15, 0.2) is 0 Å². The Bertz CT molecular complexity index is 837. The molecule has 8 nitrogen and oxygen atoms in total. The van der Waals surface area contributed by atoms with Gasteiger partial charge in [0, 0.05) is 18.1 Å². The number of imide groups is 1. The van der Waals surface area contributed by atoms with Crippen LogP contribution >= 0.6 is 11.6 Å². The van der Waals surface area contributed by atoms with Crippen molar-refractivity contribution in [1.29, 1.82) is 0 Å². The van der Waals surface area contributed by atoms with Crippen LogP contribution in [-0.4, -0.2) is 59.9 Å². The van der Waals surface area contributed by atoms with E-state index in [1.165, 1.54) is 0 Å². The number of nitrogens with zero attached hydrogens (tertiary/aromatic N) is 2. The quantitative estimate of drug-likeness (QED) is 0.578. The first kappa shape index (κ1) is 21.1. The van der Waals surface area contributed by atoms with Crippen LogP contribution in [0.5, 0.6) is 0 Å². The number of esters is 1. The Morgan fingerprint density at radius 1 is 1.28 bits per heavy atom. The summed E-state index contributed by atoms with van der Waals surface area (Å²) in [4.78, 5) is 52.4. The Morgan fingerprint density at radius 2 is 1.97 bits per heavy atom. The molecule has 1 aromatic rings. The molecule has 2 saturated heterocycles. The SMILES string of the molecule is CCOC(=O)C1CCN(C(=O)CN2C(=O)N[C@@](C)(c3cccc(Cl)c3)C2=O)CC1. The fourth-order valence-corrected chi connectivity index (χ4v) is 3.89. The molecule has 0 unspecified atom stereocenters. The number of halogens is 1. The van der Waals surface area contributed by atoms with Crippen molar-refractivity contribution in [2.24, 2.45) is 5.92 Å². The number of piperidine rings is 1. The number of likely N-dealkylation sites (tertiary alicyclic amines) is 1. The second-order valence-corrected chi connectivity index (χ2v) is 7.80. The minimum Gasteiger partial charge on any atom is -0.466 e. The first-order valence-corrected chi connectivity index (χ1v) is 9.98. The van der Waals surface area contributed by atoms with Crippen molar-refractivity contribution in [2.45, 2.75) is 32.2 Å². The average molecular weight is 422 g/mol. The van der Waals surface area contributed by atoms with Crippen molar-refractivity contribution in [3.05, 3.63) is 34.9 Å². The molecule has 1 N–H and O–H groups in total. The van der Waals surface area contributed by atoms with E-state index >= 15 is 0 Å². The lowest BCUT2D eigenvalue weighted by Gasteiger charge is -2.31. The van der Waals surface area contributed by atoms with Gasteiger partial charge in [-0.25, -0.2) is 4.79 Å². The third-order valence-corrected chi connectivity index (χ3v) is 5.67. The summed E-state index contributed by atoms with van der Waals surface area (Å²) in [6.07, 6.45) is 1.01. The minimum absolute atomic E-state index is 0.221. The number of hydrogen-bond acceptors (Lipinski definition) is 5. The third-order valence-electron chi connectivity index (χ3n) is 5.44. The molecular formula is C20H24ClN3O5. The van der Waals surface area contributed by atoms with Crippen LogP contribution in [0.4, 0.5) is 4.79 Å². The molecule has 0 saturated carbocycles. The van der Waals surface area contributed by atoms with Gasteiger partial charge in [-0.15, -0.1) is 0 Å². The zero-order valence-electron chi connectivity index (χ0n) is 16.4. The fourth-order valence-electron chi connectivity index (χ4n) is 3.70. The maximum Gasteiger partial charge on any atom is 0.325 e. The highest BCUT2D eigenvalue weighted by molar-refractivity contribution is 6.30. The van der Waals surface area contributed by atoms with Gasteiger partial charge in [0.05, 0.1) is 12.5 Å². The molecule has 0 aliphatic carbocycles. The van der Waals surface area contributed by atoms with Crippen LogP contribution in [0.1, 0.15) is 32.3 Å². The van der Waals surface area contributed by atoms with E-state index in [4.69, 9.17) is 16.3 Å². The molecule has 29 heavy (non-hydrogen) atoms. The number of hydrogen-bond donors (Lipinski definition) is 1. The molecule has 0 spiro atoms. The van der Waals surface area contributed by atoms with E-state index < -0.39 is 17.5 Å². The summed E-state index contributed by atoms with van der Waals surface area (Å²) >= 11 is 6.01. The summed E-state index contributed by atoms with van der Waals surface area (Å²) in [5.74, 6) is -1.29. The molecule has 2 fully saturated rings. The molecule has 2 aliphatic rings. The van der Waals surface area contributed by atoms with Crippen molar-refractivity contribution in [2.75, 3.05) is 26.2 Å². The lowest BCUT2D eigenvalue weighted by atomic mass is 9.92. The Kier molecular flexibility index (Phi) is 6.12. The molecule has 2 aliphatic heterocycles. The van der Waals surface area contributed by atoms with Crippen LogP contribution in [-0.2, 0) is 24.7 Å². The monoisotopic (exact) mass is 421 g/mol. The highest BCUT2D eigenvalue weighted by Gasteiger charge is 2.49. The molecule has 0 aromatic heterocycles. The van der Waals surface area contributed by atoms with Crippen LogP contribution in [0.3, 0.4) is 0 Å². The number of carbonyl (C=O) groups excluding carboxylic acids is 4. The van der Waals surface area contributed by atoms with Crippen LogP contribution in [0.15, 0.2) is 24.3 Å². The summed E-state index contributed by atoms with van der Waals surface area (Å²) in [7, 11) is 0. The smallest absolute Gasteiger partial charge is 0.325 e. The Morgan fingerprint density at radius 3 is 2.59 bits per heavy atom. The van der Waals surface area contributed by atoms with E-state index in [1.807, 2.05) is 0 Å². The normalized spacial score (nSPS) is 22.6. The molecule has 0 radical (unpaired) electrons. The third kappa shape index (κ3) is 4.22. The van der Waals surface area contributed by atoms with Gasteiger partial charge in [0.25, 0.3) is 5.91 Å². The van der Waals surface area contributed by atoms with Gasteiger partial charge in [-0.05, 0) is 44.4 Å². The number of carbonyl (C=O) groups is 4. The fraction of sp³-hybridized carbons (Fsp3) is 0.500. The number of nitrogens with one attached hydrogen (secondary N) is 1. The Balaban J connectivity index is 1.63. The number of urea groups is 1. The van der Waals surface area contributed by atoms with Gasteiger partial charge in [-0.3, -0.25) is 19.3 Å². The topological polar surface area (TPSA) is 96.0 Å². The van der Waals surface area contributed by atoms with Gasteiger partial charge in [-0.2, -0.15) is 0 Å². The van der Waals surface area contributed by atoms with Crippen LogP contribution in [0, 0.1) is 5.92 Å². The standard InChI is InChI=1S/C20H24ClN3O5/c1-3-29-17(26)13-7-9-23(10-8-13)16(25)12-24-18(27)20(2,22-19(24)28)14-5-4-6-15(21)11-14/h4-6,11,13H,3,7-10,12H2,1-2H3,(H,22,28)/t20-/m0/s1. The lowest BCUT2D eigenvalue weighted by Crippen LogP contribution is -2.47. The predicted octanol–water partition coefficient (Wildman–Crippen LogP) is 1.91. The van der Waals surface area contributed by atoms with Gasteiger partial charge >= 0.3 is 12.0 Å². The highest BCUT2D eigenvalue weighted by atomic mass is 35.5. The molecule has 1 atom stereocenters. The molecule has 0 bridgehead atoms. The maximum absolute atomic E-state index is 12.9. The molecular weight excluding hydrogens is 398 g/mol. The molecule has 2 heterocycles. The minimum atomic E-state index is -1.28. The summed E-state index contributed by atoms with van der Waals surface area (Å²) in [5, 5.41) is 3.11. The highest BCUT2D eigenvalue weighted by Crippen LogP contribution is 2.30. The zero-order valence-corrected chi connectivity index (χ0v) is 17.2. The van der Waals surface area contributed by atoms with Gasteiger partial charge in [-0.1, -0.05) is 23.7 Å². The largest absolute Gasteiger partial charge is 0.466 e. The number of amides is 4. The Hall–Kier alpha value is -2.61. The van der Waals surface area contributed by atoms with Crippen LogP contribution < -0.4 is 5.32 Å². The second-order valence-electron chi connectivity index (χ2n) is 7.36. The van der Waals surface area contributed by atoms with E-state index in [2.05, 4.69) is 5.32 Å².